The number of rotatable bonds is 2. The maximum Gasteiger partial charge on any atom is 0.126 e. The third-order valence-corrected chi connectivity index (χ3v) is 2.32. The van der Waals surface area contributed by atoms with Crippen molar-refractivity contribution in [2.45, 2.75) is 0 Å². The first kappa shape index (κ1) is 9.45. The third kappa shape index (κ3) is 1.50. The summed E-state index contributed by atoms with van der Waals surface area (Å²) in [5.74, 6) is 0.0256. The van der Waals surface area contributed by atoms with Crippen molar-refractivity contribution in [2.24, 2.45) is 5.73 Å². The Morgan fingerprint density at radius 3 is 2.80 bits per heavy atom. The number of hydrogen-bond acceptors (Lipinski definition) is 3. The highest BCUT2D eigenvalue weighted by atomic mass is 14.9. The van der Waals surface area contributed by atoms with Gasteiger partial charge in [-0.3, -0.25) is 10.4 Å². The molecule has 1 heterocycles. The number of fused-ring (bicyclic) bond motifs is 1. The Labute approximate surface area is 87.6 Å². The molecule has 1 aromatic heterocycles. The number of nitrogen functional groups attached to an aromatic ring is 1. The standard InChI is InChI=1S/C11H12N4/c1-14-10-7-4-2-3-5-9(7)15-6-8(10)11(12)13/h2-6H,1H3,(H3,12,13)(H,14,15). The van der Waals surface area contributed by atoms with Crippen molar-refractivity contribution in [3.63, 3.8) is 0 Å². The minimum atomic E-state index is 0.0256. The van der Waals surface area contributed by atoms with Crippen LogP contribution in [0, 0.1) is 5.41 Å². The Morgan fingerprint density at radius 1 is 1.40 bits per heavy atom. The van der Waals surface area contributed by atoms with Gasteiger partial charge in [0.15, 0.2) is 0 Å². The van der Waals surface area contributed by atoms with Crippen molar-refractivity contribution in [3.8, 4) is 0 Å². The Hall–Kier alpha value is -2.10. The van der Waals surface area contributed by atoms with Crippen molar-refractivity contribution < 1.29 is 0 Å². The summed E-state index contributed by atoms with van der Waals surface area (Å²) in [6.45, 7) is 0. The van der Waals surface area contributed by atoms with E-state index in [-0.39, 0.29) is 5.84 Å². The van der Waals surface area contributed by atoms with E-state index in [0.29, 0.717) is 5.56 Å². The van der Waals surface area contributed by atoms with Crippen LogP contribution in [0.3, 0.4) is 0 Å². The molecule has 4 nitrogen and oxygen atoms in total. The van der Waals surface area contributed by atoms with E-state index in [9.17, 15) is 0 Å². The number of anilines is 1. The summed E-state index contributed by atoms with van der Waals surface area (Å²) >= 11 is 0. The average Bonchev–Trinajstić information content (AvgIpc) is 2.27. The van der Waals surface area contributed by atoms with Crippen molar-refractivity contribution in [1.29, 1.82) is 5.41 Å². The summed E-state index contributed by atoms with van der Waals surface area (Å²) in [5.41, 5.74) is 7.87. The Bertz CT molecular complexity index is 519. The fraction of sp³-hybridized carbons (Fsp3) is 0.0909. The second-order valence-electron chi connectivity index (χ2n) is 3.23. The topological polar surface area (TPSA) is 74.8 Å². The number of pyridine rings is 1. The first-order chi connectivity index (χ1) is 7.24. The van der Waals surface area contributed by atoms with Crippen molar-refractivity contribution in [2.75, 3.05) is 12.4 Å². The molecule has 1 aromatic carbocycles. The molecule has 0 spiro atoms. The average molecular weight is 200 g/mol. The highest BCUT2D eigenvalue weighted by Crippen LogP contribution is 2.24. The molecule has 0 saturated heterocycles. The maximum atomic E-state index is 7.45. The second-order valence-corrected chi connectivity index (χ2v) is 3.23. The molecule has 4 heteroatoms. The predicted octanol–water partition coefficient (Wildman–Crippen LogP) is 1.56. The van der Waals surface area contributed by atoms with E-state index in [1.54, 1.807) is 6.20 Å². The smallest absolute Gasteiger partial charge is 0.126 e. The van der Waals surface area contributed by atoms with Crippen molar-refractivity contribution in [3.05, 3.63) is 36.0 Å². The molecule has 15 heavy (non-hydrogen) atoms. The number of amidine groups is 1. The summed E-state index contributed by atoms with van der Waals surface area (Å²) < 4.78 is 0. The Morgan fingerprint density at radius 2 is 2.13 bits per heavy atom. The van der Waals surface area contributed by atoms with Gasteiger partial charge < -0.3 is 11.1 Å². The molecule has 0 radical (unpaired) electrons. The molecule has 0 aliphatic carbocycles. The van der Waals surface area contributed by atoms with Crippen LogP contribution in [0.25, 0.3) is 10.9 Å². The van der Waals surface area contributed by atoms with Gasteiger partial charge in [-0.15, -0.1) is 0 Å². The van der Waals surface area contributed by atoms with Crippen LogP contribution >= 0.6 is 0 Å². The van der Waals surface area contributed by atoms with E-state index < -0.39 is 0 Å². The lowest BCUT2D eigenvalue weighted by atomic mass is 10.1. The van der Waals surface area contributed by atoms with Crippen LogP contribution in [0.15, 0.2) is 30.5 Å². The SMILES string of the molecule is CNc1c(C(=N)N)cnc2ccccc12. The summed E-state index contributed by atoms with van der Waals surface area (Å²) in [7, 11) is 1.81. The third-order valence-electron chi connectivity index (χ3n) is 2.32. The van der Waals surface area contributed by atoms with E-state index in [0.717, 1.165) is 16.6 Å². The second kappa shape index (κ2) is 3.57. The van der Waals surface area contributed by atoms with Gasteiger partial charge >= 0.3 is 0 Å². The number of aromatic nitrogens is 1. The number of benzene rings is 1. The van der Waals surface area contributed by atoms with E-state index in [1.807, 2.05) is 31.3 Å². The van der Waals surface area contributed by atoms with Gasteiger partial charge in [0, 0.05) is 18.6 Å². The van der Waals surface area contributed by atoms with Gasteiger partial charge in [-0.05, 0) is 6.07 Å². The monoisotopic (exact) mass is 200 g/mol. The molecular weight excluding hydrogens is 188 g/mol. The normalized spacial score (nSPS) is 10.2. The molecule has 2 aromatic rings. The molecule has 76 valence electrons. The van der Waals surface area contributed by atoms with Crippen molar-refractivity contribution in [1.82, 2.24) is 4.98 Å². The van der Waals surface area contributed by atoms with Crippen LogP contribution < -0.4 is 11.1 Å². The van der Waals surface area contributed by atoms with Crippen LogP contribution in [-0.4, -0.2) is 17.9 Å². The number of nitrogens with zero attached hydrogens (tertiary/aromatic N) is 1. The van der Waals surface area contributed by atoms with Crippen LogP contribution in [-0.2, 0) is 0 Å². The van der Waals surface area contributed by atoms with Gasteiger partial charge in [-0.2, -0.15) is 0 Å². The minimum Gasteiger partial charge on any atom is -0.387 e. The number of hydrogen-bond donors (Lipinski definition) is 3. The number of nitrogens with two attached hydrogens (primary N) is 1. The fourth-order valence-corrected chi connectivity index (χ4v) is 1.61. The van der Waals surface area contributed by atoms with Crippen LogP contribution in [0.4, 0.5) is 5.69 Å². The lowest BCUT2D eigenvalue weighted by molar-refractivity contribution is 1.34. The van der Waals surface area contributed by atoms with Crippen LogP contribution in [0.1, 0.15) is 5.56 Å². The van der Waals surface area contributed by atoms with Gasteiger partial charge in [-0.1, -0.05) is 18.2 Å². The molecule has 0 unspecified atom stereocenters. The number of para-hydroxylation sites is 1. The van der Waals surface area contributed by atoms with E-state index in [2.05, 4.69) is 10.3 Å². The summed E-state index contributed by atoms with van der Waals surface area (Å²) in [4.78, 5) is 4.25. The fourth-order valence-electron chi connectivity index (χ4n) is 1.61. The van der Waals surface area contributed by atoms with E-state index in [4.69, 9.17) is 11.1 Å². The zero-order valence-corrected chi connectivity index (χ0v) is 8.41. The first-order valence-electron chi connectivity index (χ1n) is 4.64. The molecule has 0 fully saturated rings. The largest absolute Gasteiger partial charge is 0.387 e. The lowest BCUT2D eigenvalue weighted by Crippen LogP contribution is -2.14. The molecule has 0 aliphatic rings. The Balaban J connectivity index is 2.81. The van der Waals surface area contributed by atoms with Gasteiger partial charge in [-0.25, -0.2) is 0 Å². The molecule has 0 amide bonds. The molecule has 0 saturated carbocycles. The van der Waals surface area contributed by atoms with E-state index >= 15 is 0 Å². The Kier molecular flexibility index (Phi) is 2.25. The van der Waals surface area contributed by atoms with Crippen molar-refractivity contribution >= 4 is 22.4 Å². The quantitative estimate of drug-likeness (QED) is 0.508. The zero-order valence-electron chi connectivity index (χ0n) is 8.41. The molecule has 2 rings (SSSR count). The predicted molar refractivity (Wildman–Crippen MR) is 62.3 cm³/mol. The molecular formula is C11H12N4. The van der Waals surface area contributed by atoms with Crippen LogP contribution in [0.5, 0.6) is 0 Å². The number of nitrogens with one attached hydrogen (secondary N) is 2. The molecule has 4 N–H and O–H groups in total. The summed E-state index contributed by atoms with van der Waals surface area (Å²) in [5, 5.41) is 11.5. The summed E-state index contributed by atoms with van der Waals surface area (Å²) in [6.07, 6.45) is 1.62. The van der Waals surface area contributed by atoms with Gasteiger partial charge in [0.05, 0.1) is 16.8 Å². The molecule has 0 aliphatic heterocycles. The highest BCUT2D eigenvalue weighted by Gasteiger charge is 2.08. The molecule has 0 atom stereocenters. The maximum absolute atomic E-state index is 7.45. The van der Waals surface area contributed by atoms with Gasteiger partial charge in [0.1, 0.15) is 5.84 Å². The zero-order chi connectivity index (χ0) is 10.8. The van der Waals surface area contributed by atoms with Crippen LogP contribution in [0.2, 0.25) is 0 Å². The molecule has 0 bridgehead atoms. The van der Waals surface area contributed by atoms with Gasteiger partial charge in [0.25, 0.3) is 0 Å². The van der Waals surface area contributed by atoms with Gasteiger partial charge in [0.2, 0.25) is 0 Å². The summed E-state index contributed by atoms with van der Waals surface area (Å²) in [6, 6.07) is 7.76. The lowest BCUT2D eigenvalue weighted by Gasteiger charge is -2.10. The highest BCUT2D eigenvalue weighted by molar-refractivity contribution is 6.07. The first-order valence-corrected chi connectivity index (χ1v) is 4.64. The minimum absolute atomic E-state index is 0.0256. The van der Waals surface area contributed by atoms with E-state index in [1.165, 1.54) is 0 Å².